The molecule has 6 heteroatoms. The molecule has 0 aromatic carbocycles. The average molecular weight is 142 g/mol. The van der Waals surface area contributed by atoms with Crippen molar-refractivity contribution < 1.29 is 22.3 Å². The van der Waals surface area contributed by atoms with Crippen LogP contribution < -0.4 is 5.06 Å². The maximum atomic E-state index is 9.75. The Balaban J connectivity index is 3.75. The number of quaternary nitrogens is 1. The first-order valence-corrected chi connectivity index (χ1v) is 3.25. The summed E-state index contributed by atoms with van der Waals surface area (Å²) in [5, 5.41) is 0.188. The molecule has 0 bridgehead atoms. The van der Waals surface area contributed by atoms with Gasteiger partial charge in [-0.05, 0) is 4.28 Å². The molecule has 0 fully saturated rings. The van der Waals surface area contributed by atoms with Crippen molar-refractivity contribution in [3.05, 3.63) is 0 Å². The Morgan fingerprint density at radius 1 is 1.50 bits per heavy atom. The zero-order valence-corrected chi connectivity index (χ0v) is 5.40. The fourth-order valence-electron chi connectivity index (χ4n) is 0.211. The minimum atomic E-state index is -4.26. The molecule has 0 aromatic rings. The highest BCUT2D eigenvalue weighted by atomic mass is 32.3. The van der Waals surface area contributed by atoms with Gasteiger partial charge in [-0.3, -0.25) is 4.55 Å². The fourth-order valence-corrected chi connectivity index (χ4v) is 0.632. The third kappa shape index (κ3) is 5.83. The van der Waals surface area contributed by atoms with Gasteiger partial charge in [-0.1, -0.05) is 0 Å². The van der Waals surface area contributed by atoms with Gasteiger partial charge >= 0.3 is 10.4 Å². The minimum absolute atomic E-state index is 0.188. The van der Waals surface area contributed by atoms with Crippen LogP contribution in [0.2, 0.25) is 0 Å². The SMILES string of the molecule is C[NH+](C)OS(=O)(=O)O. The van der Waals surface area contributed by atoms with Crippen molar-refractivity contribution in [3.63, 3.8) is 0 Å². The van der Waals surface area contributed by atoms with Gasteiger partial charge in [0.2, 0.25) is 0 Å². The van der Waals surface area contributed by atoms with E-state index in [-0.39, 0.29) is 5.06 Å². The molecule has 0 spiro atoms. The van der Waals surface area contributed by atoms with Crippen LogP contribution in [0.4, 0.5) is 0 Å². The molecule has 5 nitrogen and oxygen atoms in total. The van der Waals surface area contributed by atoms with Gasteiger partial charge in [0.15, 0.2) is 0 Å². The van der Waals surface area contributed by atoms with Gasteiger partial charge in [-0.15, -0.1) is 0 Å². The highest BCUT2D eigenvalue weighted by Gasteiger charge is 2.08. The summed E-state index contributed by atoms with van der Waals surface area (Å²) in [6.45, 7) is 0. The molecule has 50 valence electrons. The standard InChI is InChI=1S/C2H7NO4S/c1-3(2)7-8(4,5)6/h1-2H3,(H,4,5,6)/p+1. The van der Waals surface area contributed by atoms with Crippen molar-refractivity contribution in [2.24, 2.45) is 0 Å². The Hall–Kier alpha value is -0.170. The van der Waals surface area contributed by atoms with Crippen molar-refractivity contribution >= 4 is 10.4 Å². The van der Waals surface area contributed by atoms with E-state index in [2.05, 4.69) is 4.28 Å². The second-order valence-electron chi connectivity index (χ2n) is 1.42. The van der Waals surface area contributed by atoms with E-state index in [9.17, 15) is 8.42 Å². The quantitative estimate of drug-likeness (QED) is 0.341. The van der Waals surface area contributed by atoms with Gasteiger partial charge in [0.1, 0.15) is 0 Å². The van der Waals surface area contributed by atoms with Crippen LogP contribution in [0.25, 0.3) is 0 Å². The zero-order valence-electron chi connectivity index (χ0n) is 4.58. The lowest BCUT2D eigenvalue weighted by Gasteiger charge is -1.99. The molecule has 0 aliphatic rings. The van der Waals surface area contributed by atoms with Gasteiger partial charge in [0.05, 0.1) is 14.1 Å². The zero-order chi connectivity index (χ0) is 6.78. The number of nitrogens with one attached hydrogen (secondary N) is 1. The van der Waals surface area contributed by atoms with Crippen LogP contribution in [0.3, 0.4) is 0 Å². The third-order valence-electron chi connectivity index (χ3n) is 0.272. The summed E-state index contributed by atoms with van der Waals surface area (Å²) < 4.78 is 31.3. The molecule has 0 radical (unpaired) electrons. The maximum Gasteiger partial charge on any atom is 0.441 e. The smallest absolute Gasteiger partial charge is 0.260 e. The Bertz CT molecular complexity index is 147. The van der Waals surface area contributed by atoms with Crippen molar-refractivity contribution in [3.8, 4) is 0 Å². The Kier molecular flexibility index (Phi) is 2.35. The van der Waals surface area contributed by atoms with E-state index in [1.54, 1.807) is 0 Å². The van der Waals surface area contributed by atoms with Gasteiger partial charge in [0, 0.05) is 0 Å². The van der Waals surface area contributed by atoms with E-state index in [0.717, 1.165) is 0 Å². The van der Waals surface area contributed by atoms with E-state index >= 15 is 0 Å². The first kappa shape index (κ1) is 7.83. The molecule has 0 aromatic heterocycles. The van der Waals surface area contributed by atoms with Crippen LogP contribution in [0.15, 0.2) is 0 Å². The van der Waals surface area contributed by atoms with Crippen LogP contribution in [-0.2, 0) is 14.7 Å². The lowest BCUT2D eigenvalue weighted by molar-refractivity contribution is -1.03. The molecular weight excluding hydrogens is 134 g/mol. The molecule has 0 atom stereocenters. The Labute approximate surface area is 47.8 Å². The predicted molar refractivity (Wildman–Crippen MR) is 25.4 cm³/mol. The minimum Gasteiger partial charge on any atom is -0.260 e. The molecule has 0 aliphatic carbocycles. The van der Waals surface area contributed by atoms with Crippen molar-refractivity contribution in [2.75, 3.05) is 14.1 Å². The first-order valence-electron chi connectivity index (χ1n) is 1.89. The van der Waals surface area contributed by atoms with Gasteiger partial charge < -0.3 is 0 Å². The van der Waals surface area contributed by atoms with Crippen LogP contribution in [0, 0.1) is 0 Å². The fraction of sp³-hybridized carbons (Fsp3) is 1.00. The second-order valence-corrected chi connectivity index (χ2v) is 2.44. The Morgan fingerprint density at radius 2 is 1.88 bits per heavy atom. The summed E-state index contributed by atoms with van der Waals surface area (Å²) in [4.78, 5) is 0. The molecule has 0 saturated heterocycles. The summed E-state index contributed by atoms with van der Waals surface area (Å²) in [7, 11) is -1.41. The number of hydrogen-bond acceptors (Lipinski definition) is 3. The van der Waals surface area contributed by atoms with E-state index in [1.165, 1.54) is 14.1 Å². The molecule has 0 amide bonds. The van der Waals surface area contributed by atoms with Gasteiger partial charge in [0.25, 0.3) is 0 Å². The average Bonchev–Trinajstić information content (AvgIpc) is 1.21. The predicted octanol–water partition coefficient (Wildman–Crippen LogP) is -2.13. The summed E-state index contributed by atoms with van der Waals surface area (Å²) in [6.07, 6.45) is 0. The molecule has 0 unspecified atom stereocenters. The van der Waals surface area contributed by atoms with Gasteiger partial charge in [-0.2, -0.15) is 13.5 Å². The van der Waals surface area contributed by atoms with Crippen LogP contribution in [0.1, 0.15) is 0 Å². The lowest BCUT2D eigenvalue weighted by atomic mass is 11.2. The molecule has 2 N–H and O–H groups in total. The highest BCUT2D eigenvalue weighted by molar-refractivity contribution is 7.80. The highest BCUT2D eigenvalue weighted by Crippen LogP contribution is 1.71. The van der Waals surface area contributed by atoms with Crippen molar-refractivity contribution in [1.29, 1.82) is 0 Å². The molecule has 0 rings (SSSR count). The Morgan fingerprint density at radius 3 is 1.88 bits per heavy atom. The number of rotatable bonds is 2. The topological polar surface area (TPSA) is 68.0 Å². The maximum absolute atomic E-state index is 9.75. The summed E-state index contributed by atoms with van der Waals surface area (Å²) in [6, 6.07) is 0. The van der Waals surface area contributed by atoms with Gasteiger partial charge in [-0.25, -0.2) is 0 Å². The molecule has 8 heavy (non-hydrogen) atoms. The second kappa shape index (κ2) is 2.40. The summed E-state index contributed by atoms with van der Waals surface area (Å²) >= 11 is 0. The number of hydroxylamine groups is 2. The van der Waals surface area contributed by atoms with Crippen LogP contribution in [-0.4, -0.2) is 27.1 Å². The molecule has 0 saturated carbocycles. The molecule has 0 heterocycles. The number of hydrogen-bond donors (Lipinski definition) is 2. The summed E-state index contributed by atoms with van der Waals surface area (Å²) in [5.41, 5.74) is 0. The van der Waals surface area contributed by atoms with Crippen molar-refractivity contribution in [1.82, 2.24) is 0 Å². The van der Waals surface area contributed by atoms with Crippen molar-refractivity contribution in [2.45, 2.75) is 0 Å². The molecule has 0 aliphatic heterocycles. The van der Waals surface area contributed by atoms with Crippen LogP contribution in [0.5, 0.6) is 0 Å². The van der Waals surface area contributed by atoms with E-state index in [0.29, 0.717) is 0 Å². The largest absolute Gasteiger partial charge is 0.441 e. The third-order valence-corrected chi connectivity index (χ3v) is 0.816. The van der Waals surface area contributed by atoms with E-state index < -0.39 is 10.4 Å². The van der Waals surface area contributed by atoms with E-state index in [4.69, 9.17) is 4.55 Å². The lowest BCUT2D eigenvalue weighted by Crippen LogP contribution is -3.05. The van der Waals surface area contributed by atoms with Crippen LogP contribution >= 0.6 is 0 Å². The molecular formula is C2H8NO4S+. The summed E-state index contributed by atoms with van der Waals surface area (Å²) in [5.74, 6) is 0. The normalized spacial score (nSPS) is 12.5. The monoisotopic (exact) mass is 142 g/mol. The van der Waals surface area contributed by atoms with E-state index in [1.807, 2.05) is 0 Å². The first-order chi connectivity index (χ1) is 3.42.